The van der Waals surface area contributed by atoms with Gasteiger partial charge in [-0.2, -0.15) is 0 Å². The molecule has 1 aliphatic heterocycles. The SMILES string of the molecule is CC(C=CC12OC1(C)CCCC2(C)C)=CC=CC(C)=CCO. The molecule has 1 saturated carbocycles. The van der Waals surface area contributed by atoms with Gasteiger partial charge in [0.25, 0.3) is 0 Å². The average Bonchev–Trinajstić information content (AvgIpc) is 3.05. The molecule has 0 spiro atoms. The Morgan fingerprint density at radius 2 is 1.82 bits per heavy atom. The van der Waals surface area contributed by atoms with Crippen molar-refractivity contribution < 1.29 is 9.84 Å². The van der Waals surface area contributed by atoms with Gasteiger partial charge in [-0.15, -0.1) is 0 Å². The van der Waals surface area contributed by atoms with Crippen LogP contribution in [0.2, 0.25) is 0 Å². The lowest BCUT2D eigenvalue weighted by atomic mass is 9.64. The molecule has 2 atom stereocenters. The third kappa shape index (κ3) is 3.13. The molecule has 2 fully saturated rings. The Kier molecular flexibility index (Phi) is 4.84. The van der Waals surface area contributed by atoms with Gasteiger partial charge in [0.15, 0.2) is 0 Å². The summed E-state index contributed by atoms with van der Waals surface area (Å²) in [5.74, 6) is 0. The second kappa shape index (κ2) is 6.17. The molecule has 2 rings (SSSR count). The van der Waals surface area contributed by atoms with Crippen molar-refractivity contribution in [1.29, 1.82) is 0 Å². The minimum Gasteiger partial charge on any atom is -0.392 e. The highest BCUT2D eigenvalue weighted by molar-refractivity contribution is 5.35. The summed E-state index contributed by atoms with van der Waals surface area (Å²) in [4.78, 5) is 0. The first kappa shape index (κ1) is 17.2. The van der Waals surface area contributed by atoms with Gasteiger partial charge >= 0.3 is 0 Å². The lowest BCUT2D eigenvalue weighted by molar-refractivity contribution is 0.166. The van der Waals surface area contributed by atoms with Crippen LogP contribution < -0.4 is 0 Å². The molecule has 0 aromatic carbocycles. The zero-order valence-corrected chi connectivity index (χ0v) is 14.6. The molecule has 0 aromatic rings. The summed E-state index contributed by atoms with van der Waals surface area (Å²) >= 11 is 0. The van der Waals surface area contributed by atoms with Crippen molar-refractivity contribution in [2.75, 3.05) is 6.61 Å². The molecule has 1 saturated heterocycles. The fourth-order valence-corrected chi connectivity index (χ4v) is 3.78. The van der Waals surface area contributed by atoms with Gasteiger partial charge in [0.1, 0.15) is 5.60 Å². The van der Waals surface area contributed by atoms with Gasteiger partial charge in [0, 0.05) is 5.41 Å². The minimum atomic E-state index is -0.0935. The number of aliphatic hydroxyl groups is 1. The highest BCUT2D eigenvalue weighted by Crippen LogP contribution is 2.66. The number of ether oxygens (including phenoxy) is 1. The Hall–Kier alpha value is -1.12. The number of epoxide rings is 1. The van der Waals surface area contributed by atoms with E-state index in [-0.39, 0.29) is 23.2 Å². The fourth-order valence-electron chi connectivity index (χ4n) is 3.78. The largest absolute Gasteiger partial charge is 0.392 e. The van der Waals surface area contributed by atoms with E-state index >= 15 is 0 Å². The first-order valence-corrected chi connectivity index (χ1v) is 8.28. The van der Waals surface area contributed by atoms with Gasteiger partial charge in [-0.1, -0.05) is 55.4 Å². The van der Waals surface area contributed by atoms with E-state index < -0.39 is 0 Å². The topological polar surface area (TPSA) is 32.8 Å². The zero-order valence-electron chi connectivity index (χ0n) is 14.6. The van der Waals surface area contributed by atoms with Gasteiger partial charge in [-0.05, 0) is 46.1 Å². The highest BCUT2D eigenvalue weighted by Gasteiger charge is 2.73. The number of hydrogen-bond acceptors (Lipinski definition) is 2. The van der Waals surface area contributed by atoms with E-state index in [1.807, 2.05) is 19.1 Å². The predicted molar refractivity (Wildman–Crippen MR) is 92.7 cm³/mol. The Morgan fingerprint density at radius 1 is 1.09 bits per heavy atom. The predicted octanol–water partition coefficient (Wildman–Crippen LogP) is 4.72. The van der Waals surface area contributed by atoms with Crippen molar-refractivity contribution >= 4 is 0 Å². The standard InChI is InChI=1S/C20H30O2/c1-16(8-6-9-17(2)11-15-21)10-14-20-18(3,4)12-7-13-19(20,5)22-20/h6,8-11,14,21H,7,12-13,15H2,1-5H3. The van der Waals surface area contributed by atoms with E-state index in [1.165, 1.54) is 18.4 Å². The van der Waals surface area contributed by atoms with Crippen LogP contribution in [0, 0.1) is 5.41 Å². The Balaban J connectivity index is 2.07. The van der Waals surface area contributed by atoms with Crippen LogP contribution in [0.1, 0.15) is 53.9 Å². The van der Waals surface area contributed by atoms with Crippen LogP contribution in [0.5, 0.6) is 0 Å². The molecule has 0 aromatic heterocycles. The molecule has 122 valence electrons. The first-order valence-electron chi connectivity index (χ1n) is 8.28. The summed E-state index contributed by atoms with van der Waals surface area (Å²) in [6.07, 6.45) is 16.0. The fraction of sp³-hybridized carbons (Fsp3) is 0.600. The molecule has 1 aliphatic carbocycles. The number of hydrogen-bond donors (Lipinski definition) is 1. The molecule has 2 heteroatoms. The van der Waals surface area contributed by atoms with Crippen molar-refractivity contribution in [3.63, 3.8) is 0 Å². The third-order valence-corrected chi connectivity index (χ3v) is 5.30. The lowest BCUT2D eigenvalue weighted by Crippen LogP contribution is -2.41. The molecule has 2 aliphatic rings. The summed E-state index contributed by atoms with van der Waals surface area (Å²) in [5.41, 5.74) is 2.42. The summed E-state index contributed by atoms with van der Waals surface area (Å²) in [5, 5.41) is 8.83. The molecule has 0 bridgehead atoms. The van der Waals surface area contributed by atoms with E-state index in [4.69, 9.17) is 9.84 Å². The minimum absolute atomic E-state index is 0.0296. The highest BCUT2D eigenvalue weighted by atomic mass is 16.6. The second-order valence-corrected chi connectivity index (χ2v) is 7.54. The Labute approximate surface area is 135 Å². The van der Waals surface area contributed by atoms with E-state index in [9.17, 15) is 0 Å². The van der Waals surface area contributed by atoms with Crippen LogP contribution in [-0.4, -0.2) is 22.9 Å². The quantitative estimate of drug-likeness (QED) is 0.588. The van der Waals surface area contributed by atoms with Crippen LogP contribution in [0.15, 0.2) is 47.6 Å². The van der Waals surface area contributed by atoms with Crippen LogP contribution in [0.25, 0.3) is 0 Å². The summed E-state index contributed by atoms with van der Waals surface area (Å²) in [6, 6.07) is 0. The maximum absolute atomic E-state index is 8.83. The summed E-state index contributed by atoms with van der Waals surface area (Å²) in [7, 11) is 0. The Morgan fingerprint density at radius 3 is 2.45 bits per heavy atom. The van der Waals surface area contributed by atoms with Crippen LogP contribution >= 0.6 is 0 Å². The van der Waals surface area contributed by atoms with E-state index in [1.54, 1.807) is 6.08 Å². The average molecular weight is 302 g/mol. The van der Waals surface area contributed by atoms with E-state index in [2.05, 4.69) is 45.9 Å². The van der Waals surface area contributed by atoms with Crippen LogP contribution in [0.3, 0.4) is 0 Å². The zero-order chi connectivity index (χ0) is 16.4. The second-order valence-electron chi connectivity index (χ2n) is 7.54. The number of fused-ring (bicyclic) bond motifs is 1. The van der Waals surface area contributed by atoms with E-state index in [0.29, 0.717) is 0 Å². The maximum atomic E-state index is 8.83. The van der Waals surface area contributed by atoms with Crippen LogP contribution in [0.4, 0.5) is 0 Å². The molecular weight excluding hydrogens is 272 g/mol. The number of rotatable bonds is 5. The molecule has 2 nitrogen and oxygen atoms in total. The van der Waals surface area contributed by atoms with Crippen molar-refractivity contribution in [3.8, 4) is 0 Å². The molecule has 2 unspecified atom stereocenters. The molecule has 1 N–H and O–H groups in total. The molecule has 1 heterocycles. The smallest absolute Gasteiger partial charge is 0.121 e. The lowest BCUT2D eigenvalue weighted by Gasteiger charge is -2.36. The summed E-state index contributed by atoms with van der Waals surface area (Å²) in [6.45, 7) is 11.1. The van der Waals surface area contributed by atoms with Gasteiger partial charge < -0.3 is 9.84 Å². The summed E-state index contributed by atoms with van der Waals surface area (Å²) < 4.78 is 6.22. The third-order valence-electron chi connectivity index (χ3n) is 5.30. The van der Waals surface area contributed by atoms with Crippen molar-refractivity contribution in [3.05, 3.63) is 47.6 Å². The van der Waals surface area contributed by atoms with E-state index in [0.717, 1.165) is 12.0 Å². The molecule has 0 amide bonds. The van der Waals surface area contributed by atoms with Gasteiger partial charge in [0.05, 0.1) is 12.2 Å². The van der Waals surface area contributed by atoms with Crippen molar-refractivity contribution in [1.82, 2.24) is 0 Å². The molecule has 22 heavy (non-hydrogen) atoms. The van der Waals surface area contributed by atoms with Gasteiger partial charge in [0.2, 0.25) is 0 Å². The van der Waals surface area contributed by atoms with Gasteiger partial charge in [-0.3, -0.25) is 0 Å². The monoisotopic (exact) mass is 302 g/mol. The van der Waals surface area contributed by atoms with Gasteiger partial charge in [-0.25, -0.2) is 0 Å². The molecule has 0 radical (unpaired) electrons. The van der Waals surface area contributed by atoms with Crippen molar-refractivity contribution in [2.24, 2.45) is 5.41 Å². The Bertz CT molecular complexity index is 536. The molecular formula is C20H30O2. The maximum Gasteiger partial charge on any atom is 0.121 e. The first-order chi connectivity index (χ1) is 10.3. The normalized spacial score (nSPS) is 35.2. The number of aliphatic hydroxyl groups excluding tert-OH is 1. The number of allylic oxidation sites excluding steroid dienone is 6. The van der Waals surface area contributed by atoms with Crippen molar-refractivity contribution in [2.45, 2.75) is 65.1 Å². The van der Waals surface area contributed by atoms with Crippen LogP contribution in [-0.2, 0) is 4.74 Å².